The maximum Gasteiger partial charge on any atom is 0.132 e. The van der Waals surface area contributed by atoms with Crippen LogP contribution in [0.15, 0.2) is 0 Å². The fourth-order valence-electron chi connectivity index (χ4n) is 1.33. The molecule has 0 aromatic heterocycles. The Bertz CT molecular complexity index is 148. The number of likely N-dealkylation sites (N-methyl/N-ethyl adjacent to an activating group) is 1. The summed E-state index contributed by atoms with van der Waals surface area (Å²) in [5.41, 5.74) is 0. The second-order valence-electron chi connectivity index (χ2n) is 3.42. The van der Waals surface area contributed by atoms with Gasteiger partial charge in [-0.25, -0.2) is 0 Å². The van der Waals surface area contributed by atoms with Crippen LogP contribution in [0.5, 0.6) is 0 Å². The van der Waals surface area contributed by atoms with Gasteiger partial charge in [-0.05, 0) is 19.5 Å². The van der Waals surface area contributed by atoms with Crippen molar-refractivity contribution in [2.24, 2.45) is 0 Å². The molecule has 0 fully saturated rings. The van der Waals surface area contributed by atoms with Gasteiger partial charge in [-0.1, -0.05) is 13.8 Å². The molecule has 0 aliphatic carbocycles. The molecule has 0 aromatic rings. The quantitative estimate of drug-likeness (QED) is 0.569. The van der Waals surface area contributed by atoms with Crippen LogP contribution < -0.4 is 0 Å². The predicted octanol–water partition coefficient (Wildman–Crippen LogP) is 1.71. The van der Waals surface area contributed by atoms with Crippen LogP contribution in [0.3, 0.4) is 0 Å². The molecule has 0 N–H and O–H groups in total. The van der Waals surface area contributed by atoms with Crippen molar-refractivity contribution in [3.63, 3.8) is 0 Å². The van der Waals surface area contributed by atoms with Crippen molar-refractivity contribution in [1.29, 1.82) is 0 Å². The summed E-state index contributed by atoms with van der Waals surface area (Å²) in [5.74, 6) is 0.368. The third-order valence-corrected chi connectivity index (χ3v) is 2.38. The van der Waals surface area contributed by atoms with Crippen molar-refractivity contribution in [1.82, 2.24) is 4.90 Å². The minimum Gasteiger partial charge on any atom is -0.383 e. The highest BCUT2D eigenvalue weighted by Crippen LogP contribution is 1.98. The Labute approximate surface area is 87.4 Å². The van der Waals surface area contributed by atoms with E-state index in [1.165, 1.54) is 0 Å². The fourth-order valence-corrected chi connectivity index (χ4v) is 1.33. The molecule has 3 nitrogen and oxygen atoms in total. The fraction of sp³-hybridized carbons (Fsp3) is 0.909. The van der Waals surface area contributed by atoms with Gasteiger partial charge in [-0.3, -0.25) is 4.79 Å². The predicted molar refractivity (Wildman–Crippen MR) is 58.5 cm³/mol. The summed E-state index contributed by atoms with van der Waals surface area (Å²) in [6, 6.07) is 0. The zero-order chi connectivity index (χ0) is 10.8. The minimum absolute atomic E-state index is 0.368. The molecule has 0 bridgehead atoms. The van der Waals surface area contributed by atoms with Crippen LogP contribution in [-0.2, 0) is 9.53 Å². The summed E-state index contributed by atoms with van der Waals surface area (Å²) >= 11 is 0. The van der Waals surface area contributed by atoms with E-state index in [1.807, 2.05) is 6.92 Å². The largest absolute Gasteiger partial charge is 0.383 e. The molecule has 0 saturated carbocycles. The first-order valence-corrected chi connectivity index (χ1v) is 5.47. The molecule has 0 atom stereocenters. The first kappa shape index (κ1) is 13.6. The average Bonchev–Trinajstić information content (AvgIpc) is 2.22. The van der Waals surface area contributed by atoms with Crippen LogP contribution in [0.25, 0.3) is 0 Å². The van der Waals surface area contributed by atoms with E-state index in [9.17, 15) is 4.79 Å². The highest BCUT2D eigenvalue weighted by atomic mass is 16.5. The Morgan fingerprint density at radius 3 is 2.50 bits per heavy atom. The first-order chi connectivity index (χ1) is 6.74. The van der Waals surface area contributed by atoms with Crippen molar-refractivity contribution < 1.29 is 9.53 Å². The van der Waals surface area contributed by atoms with Gasteiger partial charge in [0.2, 0.25) is 0 Å². The standard InChI is InChI=1S/C11H23NO2/c1-4-11(13)7-6-8-12(5-2)9-10-14-3/h4-10H2,1-3H3. The molecule has 0 aromatic carbocycles. The minimum atomic E-state index is 0.368. The van der Waals surface area contributed by atoms with E-state index < -0.39 is 0 Å². The van der Waals surface area contributed by atoms with Gasteiger partial charge in [0, 0.05) is 26.5 Å². The summed E-state index contributed by atoms with van der Waals surface area (Å²) in [5, 5.41) is 0. The van der Waals surface area contributed by atoms with Crippen molar-refractivity contribution in [3.8, 4) is 0 Å². The average molecular weight is 201 g/mol. The molecule has 3 heteroatoms. The highest BCUT2D eigenvalue weighted by molar-refractivity contribution is 5.77. The monoisotopic (exact) mass is 201 g/mol. The van der Waals surface area contributed by atoms with Crippen LogP contribution in [0.1, 0.15) is 33.1 Å². The first-order valence-electron chi connectivity index (χ1n) is 5.47. The zero-order valence-corrected chi connectivity index (χ0v) is 9.71. The Morgan fingerprint density at radius 1 is 1.29 bits per heavy atom. The number of nitrogens with zero attached hydrogens (tertiary/aromatic N) is 1. The number of carbonyl (C=O) groups excluding carboxylic acids is 1. The van der Waals surface area contributed by atoms with E-state index >= 15 is 0 Å². The molecule has 14 heavy (non-hydrogen) atoms. The van der Waals surface area contributed by atoms with E-state index in [4.69, 9.17) is 4.74 Å². The molecule has 0 rings (SSSR count). The summed E-state index contributed by atoms with van der Waals surface area (Å²) < 4.78 is 5.01. The highest BCUT2D eigenvalue weighted by Gasteiger charge is 2.03. The van der Waals surface area contributed by atoms with Crippen molar-refractivity contribution in [2.75, 3.05) is 33.4 Å². The number of methoxy groups -OCH3 is 1. The van der Waals surface area contributed by atoms with Gasteiger partial charge in [-0.2, -0.15) is 0 Å². The van der Waals surface area contributed by atoms with Crippen LogP contribution in [0.4, 0.5) is 0 Å². The van der Waals surface area contributed by atoms with Gasteiger partial charge in [0.25, 0.3) is 0 Å². The lowest BCUT2D eigenvalue weighted by Gasteiger charge is -2.19. The molecule has 0 saturated heterocycles. The van der Waals surface area contributed by atoms with E-state index in [0.29, 0.717) is 12.2 Å². The van der Waals surface area contributed by atoms with Gasteiger partial charge in [0.1, 0.15) is 5.78 Å². The third-order valence-electron chi connectivity index (χ3n) is 2.38. The molecule has 0 heterocycles. The maximum atomic E-state index is 11.1. The number of carbonyl (C=O) groups is 1. The normalized spacial score (nSPS) is 10.9. The molecule has 0 aliphatic rings. The van der Waals surface area contributed by atoms with E-state index in [1.54, 1.807) is 7.11 Å². The summed E-state index contributed by atoms with van der Waals surface area (Å²) in [7, 11) is 1.72. The number of hydrogen-bond acceptors (Lipinski definition) is 3. The van der Waals surface area contributed by atoms with Gasteiger partial charge < -0.3 is 9.64 Å². The number of ketones is 1. The van der Waals surface area contributed by atoms with Crippen LogP contribution >= 0.6 is 0 Å². The lowest BCUT2D eigenvalue weighted by Crippen LogP contribution is -2.28. The Balaban J connectivity index is 3.46. The topological polar surface area (TPSA) is 29.5 Å². The summed E-state index contributed by atoms with van der Waals surface area (Å²) in [6.07, 6.45) is 2.37. The lowest BCUT2D eigenvalue weighted by atomic mass is 10.2. The van der Waals surface area contributed by atoms with E-state index in [2.05, 4.69) is 11.8 Å². The van der Waals surface area contributed by atoms with Crippen molar-refractivity contribution in [3.05, 3.63) is 0 Å². The second-order valence-corrected chi connectivity index (χ2v) is 3.42. The van der Waals surface area contributed by atoms with Crippen molar-refractivity contribution in [2.45, 2.75) is 33.1 Å². The van der Waals surface area contributed by atoms with E-state index in [0.717, 1.165) is 39.1 Å². The SMILES string of the molecule is CCC(=O)CCCN(CC)CCOC. The molecule has 84 valence electrons. The van der Waals surface area contributed by atoms with Gasteiger partial charge in [0.05, 0.1) is 6.61 Å². The maximum absolute atomic E-state index is 11.1. The number of rotatable bonds is 9. The summed E-state index contributed by atoms with van der Waals surface area (Å²) in [4.78, 5) is 13.4. The smallest absolute Gasteiger partial charge is 0.132 e. The van der Waals surface area contributed by atoms with Gasteiger partial charge in [-0.15, -0.1) is 0 Å². The van der Waals surface area contributed by atoms with Crippen LogP contribution in [-0.4, -0.2) is 44.0 Å². The number of hydrogen-bond donors (Lipinski definition) is 0. The summed E-state index contributed by atoms with van der Waals surface area (Å²) in [6.45, 7) is 7.83. The molecule has 0 aliphatic heterocycles. The molecule has 0 radical (unpaired) electrons. The number of ether oxygens (including phenoxy) is 1. The Hall–Kier alpha value is -0.410. The number of Topliss-reactive ketones (excluding diaryl/α,β-unsaturated/α-hetero) is 1. The lowest BCUT2D eigenvalue weighted by molar-refractivity contribution is -0.118. The molecule has 0 spiro atoms. The molecular formula is C11H23NO2. The van der Waals surface area contributed by atoms with E-state index in [-0.39, 0.29) is 0 Å². The molecular weight excluding hydrogens is 178 g/mol. The van der Waals surface area contributed by atoms with Gasteiger partial charge in [0.15, 0.2) is 0 Å². The third kappa shape index (κ3) is 7.04. The van der Waals surface area contributed by atoms with Crippen molar-refractivity contribution >= 4 is 5.78 Å². The molecule has 0 unspecified atom stereocenters. The zero-order valence-electron chi connectivity index (χ0n) is 9.71. The molecule has 0 amide bonds. The Morgan fingerprint density at radius 2 is 2.00 bits per heavy atom. The van der Waals surface area contributed by atoms with Crippen LogP contribution in [0.2, 0.25) is 0 Å². The van der Waals surface area contributed by atoms with Crippen LogP contribution in [0, 0.1) is 0 Å². The van der Waals surface area contributed by atoms with Gasteiger partial charge >= 0.3 is 0 Å². The Kier molecular flexibility index (Phi) is 8.89. The second kappa shape index (κ2) is 9.16.